The second kappa shape index (κ2) is 9.11. The fraction of sp³-hybridized carbons (Fsp3) is 0.774. The first-order valence-corrected chi connectivity index (χ1v) is 15.1. The van der Waals surface area contributed by atoms with Gasteiger partial charge in [0.15, 0.2) is 0 Å². The lowest BCUT2D eigenvalue weighted by atomic mass is 9.42. The van der Waals surface area contributed by atoms with E-state index in [0.29, 0.717) is 43.6 Å². The fourth-order valence-corrected chi connectivity index (χ4v) is 11.7. The highest BCUT2D eigenvalue weighted by atomic mass is 16.5. The van der Waals surface area contributed by atoms with Crippen molar-refractivity contribution in [3.63, 3.8) is 0 Å². The third-order valence-corrected chi connectivity index (χ3v) is 12.7. The molecular weight excluding hydrogens is 528 g/mol. The van der Waals surface area contributed by atoms with Gasteiger partial charge in [0.25, 0.3) is 0 Å². The van der Waals surface area contributed by atoms with Gasteiger partial charge in [-0.05, 0) is 43.9 Å². The molecule has 10 heteroatoms. The van der Waals surface area contributed by atoms with Crippen molar-refractivity contribution in [3.05, 3.63) is 29.8 Å². The van der Waals surface area contributed by atoms with Crippen LogP contribution in [0.3, 0.4) is 0 Å². The zero-order valence-electron chi connectivity index (χ0n) is 24.4. The van der Waals surface area contributed by atoms with Crippen LogP contribution in [0, 0.1) is 34.5 Å². The number of methoxy groups -OCH3 is 3. The van der Waals surface area contributed by atoms with Gasteiger partial charge < -0.3 is 40.0 Å². The van der Waals surface area contributed by atoms with Crippen molar-refractivity contribution in [2.45, 2.75) is 74.3 Å². The van der Waals surface area contributed by atoms with Crippen LogP contribution < -0.4 is 5.73 Å². The molecule has 7 bridgehead atoms. The van der Waals surface area contributed by atoms with Crippen LogP contribution in [0.25, 0.3) is 0 Å². The van der Waals surface area contributed by atoms with E-state index in [2.05, 4.69) is 11.8 Å². The van der Waals surface area contributed by atoms with Crippen LogP contribution in [-0.4, -0.2) is 109 Å². The normalized spacial score (nSPS) is 51.0. The van der Waals surface area contributed by atoms with E-state index in [9.17, 15) is 20.1 Å². The Balaban J connectivity index is 1.40. The highest BCUT2D eigenvalue weighted by Gasteiger charge is 2.91. The third-order valence-electron chi connectivity index (χ3n) is 12.7. The molecule has 0 aromatic heterocycles. The van der Waals surface area contributed by atoms with Crippen LogP contribution >= 0.6 is 0 Å². The number of likely N-dealkylation sites (N-methyl/N-ethyl adjacent to an activating group) is 1. The molecule has 1 aromatic carbocycles. The molecule has 5 aliphatic carbocycles. The van der Waals surface area contributed by atoms with Gasteiger partial charge in [-0.25, -0.2) is 4.79 Å². The van der Waals surface area contributed by atoms with Crippen LogP contribution in [0.1, 0.15) is 43.0 Å². The summed E-state index contributed by atoms with van der Waals surface area (Å²) in [5.41, 5.74) is 2.26. The number of aliphatic hydroxyl groups is 3. The number of anilines is 1. The lowest BCUT2D eigenvalue weighted by Crippen LogP contribution is -2.82. The number of likely N-dealkylation sites (tertiary alicyclic amines) is 1. The summed E-state index contributed by atoms with van der Waals surface area (Å²) in [5.74, 6) is -1.57. The number of rotatable bonds is 7. The lowest BCUT2D eigenvalue weighted by Gasteiger charge is -2.70. The topological polar surface area (TPSA) is 144 Å². The van der Waals surface area contributed by atoms with Gasteiger partial charge in [0, 0.05) is 68.6 Å². The summed E-state index contributed by atoms with van der Waals surface area (Å²) < 4.78 is 24.6. The molecule has 6 aliphatic rings. The largest absolute Gasteiger partial charge is 0.461 e. The number of benzene rings is 1. The van der Waals surface area contributed by atoms with Gasteiger partial charge in [-0.3, -0.25) is 4.90 Å². The first-order chi connectivity index (χ1) is 19.6. The summed E-state index contributed by atoms with van der Waals surface area (Å²) in [5, 5.41) is 37.7. The van der Waals surface area contributed by atoms with E-state index in [1.807, 2.05) is 0 Å². The number of hydrogen-bond acceptors (Lipinski definition) is 10. The number of carbonyl (C=O) groups is 1. The number of aliphatic hydroxyl groups excluding tert-OH is 1. The standard InChI is InChI=1S/C31H44N2O8/c1-5-33-14-28(15-41-26(35)16-8-6-7-9-19(16)32)11-10-21(39-3)30-18-12-17-20(38-2)13-29(36,22(18)23(17)34)31(37,27(30)33)25(40-4)24(28)30/h6-9,17-18,20-25,27,34,36-37H,5,10-15,32H2,1-4H3/t17-,18-,20+,21+,22-,23+,24-,25+,27+,28+,29-,30+,31-/m1/s1. The molecule has 6 fully saturated rings. The first-order valence-electron chi connectivity index (χ1n) is 15.1. The zero-order valence-corrected chi connectivity index (χ0v) is 24.4. The molecule has 1 heterocycles. The van der Waals surface area contributed by atoms with E-state index in [-0.39, 0.29) is 43.0 Å². The molecule has 1 saturated heterocycles. The van der Waals surface area contributed by atoms with Gasteiger partial charge in [0.2, 0.25) is 0 Å². The van der Waals surface area contributed by atoms with Crippen molar-refractivity contribution < 1.29 is 39.1 Å². The molecular formula is C31H44N2O8. The predicted octanol–water partition coefficient (Wildman–Crippen LogP) is 1.06. The predicted molar refractivity (Wildman–Crippen MR) is 148 cm³/mol. The average Bonchev–Trinajstić information content (AvgIpc) is 3.33. The van der Waals surface area contributed by atoms with Crippen molar-refractivity contribution >= 4 is 11.7 Å². The number of piperidine rings is 1. The quantitative estimate of drug-likeness (QED) is 0.277. The van der Waals surface area contributed by atoms with E-state index in [4.69, 9.17) is 24.7 Å². The van der Waals surface area contributed by atoms with Gasteiger partial charge in [-0.1, -0.05) is 19.1 Å². The molecule has 0 unspecified atom stereocenters. The molecule has 5 saturated carbocycles. The van der Waals surface area contributed by atoms with Crippen LogP contribution in [-0.2, 0) is 18.9 Å². The second-order valence-electron chi connectivity index (χ2n) is 13.6. The number of ether oxygens (including phenoxy) is 4. The van der Waals surface area contributed by atoms with Crippen molar-refractivity contribution in [3.8, 4) is 0 Å². The molecule has 0 radical (unpaired) electrons. The van der Waals surface area contributed by atoms with Crippen LogP contribution in [0.15, 0.2) is 24.3 Å². The summed E-state index contributed by atoms with van der Waals surface area (Å²) >= 11 is 0. The third kappa shape index (κ3) is 3.05. The average molecular weight is 573 g/mol. The summed E-state index contributed by atoms with van der Waals surface area (Å²) in [4.78, 5) is 15.6. The maximum atomic E-state index is 13.3. The molecule has 13 atom stereocenters. The van der Waals surface area contributed by atoms with E-state index < -0.39 is 52.2 Å². The molecule has 7 rings (SSSR count). The molecule has 5 N–H and O–H groups in total. The SMILES string of the molecule is CCN1C[C@]2(COC(=O)c3ccccc3N)CC[C@H](OC)[C@@]34[C@@H]5C[C@H]6[C@H](O)[C@@H]5[C@](O)(C[C@@H]6OC)[C@@](O)([C@@H](OC)[C@H]23)[C@@H]14. The Labute approximate surface area is 241 Å². The molecule has 226 valence electrons. The number of esters is 1. The van der Waals surface area contributed by atoms with Crippen LogP contribution in [0.4, 0.5) is 5.69 Å². The van der Waals surface area contributed by atoms with E-state index in [1.165, 1.54) is 0 Å². The Hall–Kier alpha value is -1.79. The number of nitrogens with two attached hydrogens (primary N) is 1. The Morgan fingerprint density at radius 1 is 1.15 bits per heavy atom. The molecule has 1 aromatic rings. The number of nitrogen functional groups attached to an aromatic ring is 1. The molecule has 0 amide bonds. The van der Waals surface area contributed by atoms with Gasteiger partial charge in [0.05, 0.1) is 42.6 Å². The molecule has 41 heavy (non-hydrogen) atoms. The Morgan fingerprint density at radius 3 is 2.56 bits per heavy atom. The number of nitrogens with zero attached hydrogens (tertiary/aromatic N) is 1. The summed E-state index contributed by atoms with van der Waals surface area (Å²) in [6, 6.07) is 6.44. The van der Waals surface area contributed by atoms with Gasteiger partial charge in [0.1, 0.15) is 11.2 Å². The van der Waals surface area contributed by atoms with Crippen LogP contribution in [0.5, 0.6) is 0 Å². The molecule has 1 spiro atoms. The lowest BCUT2D eigenvalue weighted by molar-refractivity contribution is -0.318. The highest BCUT2D eigenvalue weighted by molar-refractivity contribution is 5.95. The zero-order chi connectivity index (χ0) is 29.1. The van der Waals surface area contributed by atoms with Gasteiger partial charge in [-0.2, -0.15) is 0 Å². The Morgan fingerprint density at radius 2 is 1.90 bits per heavy atom. The van der Waals surface area contributed by atoms with Gasteiger partial charge in [-0.15, -0.1) is 0 Å². The number of fused-ring (bicyclic) bond motifs is 2. The fourth-order valence-electron chi connectivity index (χ4n) is 11.7. The molecule has 1 aliphatic heterocycles. The van der Waals surface area contributed by atoms with E-state index >= 15 is 0 Å². The van der Waals surface area contributed by atoms with Crippen molar-refractivity contribution in [1.29, 1.82) is 0 Å². The summed E-state index contributed by atoms with van der Waals surface area (Å²) in [6.07, 6.45) is 0.133. The molecule has 10 nitrogen and oxygen atoms in total. The smallest absolute Gasteiger partial charge is 0.340 e. The van der Waals surface area contributed by atoms with Crippen LogP contribution in [0.2, 0.25) is 0 Å². The Bertz CT molecular complexity index is 1230. The first kappa shape index (κ1) is 28.0. The number of hydrogen-bond donors (Lipinski definition) is 4. The minimum Gasteiger partial charge on any atom is -0.461 e. The Kier molecular flexibility index (Phi) is 6.22. The van der Waals surface area contributed by atoms with Crippen molar-refractivity contribution in [1.82, 2.24) is 4.90 Å². The maximum Gasteiger partial charge on any atom is 0.340 e. The summed E-state index contributed by atoms with van der Waals surface area (Å²) in [7, 11) is 4.94. The monoisotopic (exact) mass is 572 g/mol. The van der Waals surface area contributed by atoms with Crippen molar-refractivity contribution in [2.75, 3.05) is 46.8 Å². The van der Waals surface area contributed by atoms with E-state index in [1.54, 1.807) is 45.6 Å². The minimum atomic E-state index is -1.70. The van der Waals surface area contributed by atoms with Gasteiger partial charge >= 0.3 is 5.97 Å². The highest BCUT2D eigenvalue weighted by Crippen LogP contribution is 2.80. The van der Waals surface area contributed by atoms with Crippen molar-refractivity contribution in [2.24, 2.45) is 34.5 Å². The summed E-state index contributed by atoms with van der Waals surface area (Å²) in [6.45, 7) is 3.41. The minimum absolute atomic E-state index is 0.130. The number of carbonyl (C=O) groups excluding carboxylic acids is 1. The number of para-hydroxylation sites is 1. The second-order valence-corrected chi connectivity index (χ2v) is 13.6. The maximum absolute atomic E-state index is 13.3. The van der Waals surface area contributed by atoms with E-state index in [0.717, 1.165) is 0 Å².